The molecule has 0 N–H and O–H groups in total. The smallest absolute Gasteiger partial charge is 0.331 e. The highest BCUT2D eigenvalue weighted by atomic mass is 16.5. The number of benzene rings is 2. The van der Waals surface area contributed by atoms with Gasteiger partial charge >= 0.3 is 5.97 Å². The van der Waals surface area contributed by atoms with Crippen molar-refractivity contribution in [3.05, 3.63) is 71.8 Å². The quantitative estimate of drug-likeness (QED) is 0.565. The molecule has 0 fully saturated rings. The molecule has 0 heterocycles. The Morgan fingerprint density at radius 1 is 1.08 bits per heavy atom. The number of likely N-dealkylation sites (N-methyl/N-ethyl adjacent to an activating group) is 1. The number of rotatable bonds is 7. The maximum Gasteiger partial charge on any atom is 0.331 e. The number of amides is 1. The summed E-state index contributed by atoms with van der Waals surface area (Å²) in [4.78, 5) is 25.7. The van der Waals surface area contributed by atoms with Crippen LogP contribution in [0.4, 0.5) is 0 Å². The standard InChI is InChI=1S/C21H23NO4/c1-16(17-9-5-4-6-10-17)22(2)20(23)15-26-21(24)14-13-18-11-7-8-12-19(18)25-3/h4-14,16H,15H2,1-3H3/b14-13+. The molecule has 2 aromatic rings. The first-order valence-corrected chi connectivity index (χ1v) is 8.31. The van der Waals surface area contributed by atoms with Crippen LogP contribution in [0.2, 0.25) is 0 Å². The summed E-state index contributed by atoms with van der Waals surface area (Å²) < 4.78 is 10.3. The van der Waals surface area contributed by atoms with E-state index in [-0.39, 0.29) is 18.6 Å². The monoisotopic (exact) mass is 353 g/mol. The molecule has 1 amide bonds. The highest BCUT2D eigenvalue weighted by Gasteiger charge is 2.18. The highest BCUT2D eigenvalue weighted by Crippen LogP contribution is 2.19. The van der Waals surface area contributed by atoms with Gasteiger partial charge in [-0.3, -0.25) is 4.79 Å². The summed E-state index contributed by atoms with van der Waals surface area (Å²) in [6.45, 7) is 1.62. The number of methoxy groups -OCH3 is 1. The van der Waals surface area contributed by atoms with Gasteiger partial charge in [-0.15, -0.1) is 0 Å². The van der Waals surface area contributed by atoms with Crippen LogP contribution >= 0.6 is 0 Å². The molecule has 0 aromatic heterocycles. The maximum absolute atomic E-state index is 12.2. The number of hydrogen-bond donors (Lipinski definition) is 0. The molecule has 2 aromatic carbocycles. The third-order valence-corrected chi connectivity index (χ3v) is 4.13. The Bertz CT molecular complexity index is 771. The lowest BCUT2D eigenvalue weighted by Gasteiger charge is -2.25. The Balaban J connectivity index is 1.88. The van der Waals surface area contributed by atoms with Crippen LogP contribution < -0.4 is 4.74 Å². The van der Waals surface area contributed by atoms with Crippen molar-refractivity contribution in [1.82, 2.24) is 4.90 Å². The van der Waals surface area contributed by atoms with E-state index in [1.54, 1.807) is 31.2 Å². The van der Waals surface area contributed by atoms with Crippen LogP contribution in [0.3, 0.4) is 0 Å². The maximum atomic E-state index is 12.2. The fraction of sp³-hybridized carbons (Fsp3) is 0.238. The van der Waals surface area contributed by atoms with E-state index in [1.165, 1.54) is 6.08 Å². The van der Waals surface area contributed by atoms with Crippen molar-refractivity contribution in [1.29, 1.82) is 0 Å². The van der Waals surface area contributed by atoms with Crippen LogP contribution in [0.25, 0.3) is 6.08 Å². The number of carbonyl (C=O) groups is 2. The summed E-state index contributed by atoms with van der Waals surface area (Å²) in [5, 5.41) is 0. The number of ether oxygens (including phenoxy) is 2. The van der Waals surface area contributed by atoms with Crippen molar-refractivity contribution in [2.75, 3.05) is 20.8 Å². The van der Waals surface area contributed by atoms with Gasteiger partial charge in [0.05, 0.1) is 13.2 Å². The van der Waals surface area contributed by atoms with Gasteiger partial charge in [-0.2, -0.15) is 0 Å². The van der Waals surface area contributed by atoms with Crippen molar-refractivity contribution >= 4 is 18.0 Å². The zero-order chi connectivity index (χ0) is 18.9. The number of para-hydroxylation sites is 1. The molecule has 1 unspecified atom stereocenters. The molecule has 1 atom stereocenters. The molecule has 0 aliphatic carbocycles. The lowest BCUT2D eigenvalue weighted by molar-refractivity contribution is -0.148. The zero-order valence-corrected chi connectivity index (χ0v) is 15.2. The van der Waals surface area contributed by atoms with E-state index in [0.29, 0.717) is 5.75 Å². The average molecular weight is 353 g/mol. The minimum Gasteiger partial charge on any atom is -0.496 e. The zero-order valence-electron chi connectivity index (χ0n) is 15.2. The van der Waals surface area contributed by atoms with Crippen molar-refractivity contribution < 1.29 is 19.1 Å². The molecule has 2 rings (SSSR count). The second kappa shape index (κ2) is 9.42. The van der Waals surface area contributed by atoms with Crippen LogP contribution in [0.15, 0.2) is 60.7 Å². The Labute approximate surface area is 153 Å². The van der Waals surface area contributed by atoms with Crippen LogP contribution in [0, 0.1) is 0 Å². The van der Waals surface area contributed by atoms with Crippen LogP contribution in [-0.2, 0) is 14.3 Å². The summed E-state index contributed by atoms with van der Waals surface area (Å²) >= 11 is 0. The molecule has 5 nitrogen and oxygen atoms in total. The van der Waals surface area contributed by atoms with Crippen molar-refractivity contribution in [3.8, 4) is 5.75 Å². The van der Waals surface area contributed by atoms with E-state index in [1.807, 2.05) is 55.5 Å². The summed E-state index contributed by atoms with van der Waals surface area (Å²) in [7, 11) is 3.26. The first-order chi connectivity index (χ1) is 12.5. The van der Waals surface area contributed by atoms with Gasteiger partial charge in [0, 0.05) is 18.7 Å². The van der Waals surface area contributed by atoms with E-state index in [4.69, 9.17) is 9.47 Å². The summed E-state index contributed by atoms with van der Waals surface area (Å²) in [6.07, 6.45) is 2.88. The van der Waals surface area contributed by atoms with E-state index >= 15 is 0 Å². The first kappa shape index (κ1) is 19.2. The SMILES string of the molecule is COc1ccccc1/C=C/C(=O)OCC(=O)N(C)C(C)c1ccccc1. The van der Waals surface area contributed by atoms with E-state index < -0.39 is 5.97 Å². The molecule has 0 saturated heterocycles. The normalized spacial score (nSPS) is 11.8. The van der Waals surface area contributed by atoms with Gasteiger partial charge in [0.15, 0.2) is 6.61 Å². The molecular weight excluding hydrogens is 330 g/mol. The molecule has 0 radical (unpaired) electrons. The first-order valence-electron chi connectivity index (χ1n) is 8.31. The number of carbonyl (C=O) groups excluding carboxylic acids is 2. The largest absolute Gasteiger partial charge is 0.496 e. The Morgan fingerprint density at radius 3 is 2.42 bits per heavy atom. The Kier molecular flexibility index (Phi) is 6.97. The highest BCUT2D eigenvalue weighted by molar-refractivity contribution is 5.89. The Morgan fingerprint density at radius 2 is 1.73 bits per heavy atom. The molecular formula is C21H23NO4. The van der Waals surface area contributed by atoms with Gasteiger partial charge < -0.3 is 14.4 Å². The molecule has 0 spiro atoms. The lowest BCUT2D eigenvalue weighted by atomic mass is 10.1. The van der Waals surface area contributed by atoms with Gasteiger partial charge in [-0.25, -0.2) is 4.79 Å². The van der Waals surface area contributed by atoms with Crippen LogP contribution in [0.5, 0.6) is 5.75 Å². The second-order valence-corrected chi connectivity index (χ2v) is 5.77. The molecule has 0 aliphatic rings. The van der Waals surface area contributed by atoms with Crippen molar-refractivity contribution in [2.45, 2.75) is 13.0 Å². The molecule has 5 heteroatoms. The molecule has 26 heavy (non-hydrogen) atoms. The lowest BCUT2D eigenvalue weighted by Crippen LogP contribution is -2.33. The van der Waals surface area contributed by atoms with E-state index in [9.17, 15) is 9.59 Å². The van der Waals surface area contributed by atoms with Crippen molar-refractivity contribution in [2.24, 2.45) is 0 Å². The van der Waals surface area contributed by atoms with E-state index in [0.717, 1.165) is 11.1 Å². The molecule has 0 aliphatic heterocycles. The van der Waals surface area contributed by atoms with Gasteiger partial charge in [0.2, 0.25) is 0 Å². The second-order valence-electron chi connectivity index (χ2n) is 5.77. The minimum absolute atomic E-state index is 0.105. The molecule has 0 saturated carbocycles. The third-order valence-electron chi connectivity index (χ3n) is 4.13. The topological polar surface area (TPSA) is 55.8 Å². The van der Waals surface area contributed by atoms with Crippen LogP contribution in [0.1, 0.15) is 24.1 Å². The molecule has 0 bridgehead atoms. The van der Waals surface area contributed by atoms with E-state index in [2.05, 4.69) is 0 Å². The Hall–Kier alpha value is -3.08. The summed E-state index contributed by atoms with van der Waals surface area (Å²) in [5.41, 5.74) is 1.78. The predicted molar refractivity (Wildman–Crippen MR) is 101 cm³/mol. The fourth-order valence-corrected chi connectivity index (χ4v) is 2.42. The van der Waals surface area contributed by atoms with Gasteiger partial charge in [0.25, 0.3) is 5.91 Å². The van der Waals surface area contributed by atoms with Crippen LogP contribution in [-0.4, -0.2) is 37.5 Å². The number of esters is 1. The van der Waals surface area contributed by atoms with Gasteiger partial charge in [-0.1, -0.05) is 48.5 Å². The minimum atomic E-state index is -0.579. The fourth-order valence-electron chi connectivity index (χ4n) is 2.42. The average Bonchev–Trinajstić information content (AvgIpc) is 2.70. The van der Waals surface area contributed by atoms with Gasteiger partial charge in [-0.05, 0) is 24.6 Å². The third kappa shape index (κ3) is 5.21. The van der Waals surface area contributed by atoms with Crippen molar-refractivity contribution in [3.63, 3.8) is 0 Å². The van der Waals surface area contributed by atoms with Gasteiger partial charge in [0.1, 0.15) is 5.75 Å². The summed E-state index contributed by atoms with van der Waals surface area (Å²) in [5.74, 6) is -0.186. The summed E-state index contributed by atoms with van der Waals surface area (Å²) in [6, 6.07) is 16.9. The predicted octanol–water partition coefficient (Wildman–Crippen LogP) is 3.47. The number of nitrogens with zero attached hydrogens (tertiary/aromatic N) is 1. The number of hydrogen-bond acceptors (Lipinski definition) is 4. The molecule has 136 valence electrons.